The van der Waals surface area contributed by atoms with Crippen LogP contribution in [-0.2, 0) is 4.74 Å². The van der Waals surface area contributed by atoms with Crippen molar-refractivity contribution in [3.05, 3.63) is 59.1 Å². The van der Waals surface area contributed by atoms with Crippen LogP contribution in [0.4, 0.5) is 6.01 Å². The van der Waals surface area contributed by atoms with Gasteiger partial charge in [0.2, 0.25) is 0 Å². The van der Waals surface area contributed by atoms with E-state index < -0.39 is 0 Å². The van der Waals surface area contributed by atoms with E-state index in [1.807, 2.05) is 42.5 Å². The van der Waals surface area contributed by atoms with Gasteiger partial charge in [-0.3, -0.25) is 4.90 Å². The number of ether oxygens (including phenoxy) is 1. The molecule has 5 nitrogen and oxygen atoms in total. The van der Waals surface area contributed by atoms with E-state index in [0.717, 1.165) is 48.0 Å². The minimum atomic E-state index is 0.132. The van der Waals surface area contributed by atoms with Gasteiger partial charge >= 0.3 is 0 Å². The van der Waals surface area contributed by atoms with Crippen molar-refractivity contribution in [2.24, 2.45) is 0 Å². The van der Waals surface area contributed by atoms with E-state index in [9.17, 15) is 0 Å². The third-order valence-electron chi connectivity index (χ3n) is 4.49. The van der Waals surface area contributed by atoms with E-state index in [-0.39, 0.29) is 6.04 Å². The van der Waals surface area contributed by atoms with Crippen molar-refractivity contribution >= 4 is 28.7 Å². The molecule has 6 heteroatoms. The van der Waals surface area contributed by atoms with Gasteiger partial charge in [0.1, 0.15) is 5.52 Å². The predicted octanol–water partition coefficient (Wildman–Crippen LogP) is 3.97. The first kappa shape index (κ1) is 16.4. The molecule has 0 spiro atoms. The van der Waals surface area contributed by atoms with Crippen LogP contribution in [0.3, 0.4) is 0 Å². The summed E-state index contributed by atoms with van der Waals surface area (Å²) in [6.45, 7) is 3.90. The molecule has 1 N–H and O–H groups in total. The number of oxazole rings is 1. The van der Waals surface area contributed by atoms with E-state index in [2.05, 4.69) is 21.3 Å². The van der Waals surface area contributed by atoms with Crippen molar-refractivity contribution in [1.82, 2.24) is 9.88 Å². The number of nitrogens with zero attached hydrogens (tertiary/aromatic N) is 2. The maximum atomic E-state index is 6.46. The monoisotopic (exact) mass is 357 g/mol. The molecule has 1 atom stereocenters. The molecular weight excluding hydrogens is 338 g/mol. The average molecular weight is 358 g/mol. The highest BCUT2D eigenvalue weighted by Gasteiger charge is 2.24. The third-order valence-corrected chi connectivity index (χ3v) is 4.84. The van der Waals surface area contributed by atoms with Gasteiger partial charge < -0.3 is 14.5 Å². The Morgan fingerprint density at radius 3 is 2.64 bits per heavy atom. The Kier molecular flexibility index (Phi) is 4.88. The van der Waals surface area contributed by atoms with Gasteiger partial charge in [-0.2, -0.15) is 4.98 Å². The van der Waals surface area contributed by atoms with Gasteiger partial charge in [0.15, 0.2) is 5.58 Å². The molecule has 3 aromatic rings. The fourth-order valence-corrected chi connectivity index (χ4v) is 3.46. The number of hydrogen-bond acceptors (Lipinski definition) is 5. The largest absolute Gasteiger partial charge is 0.424 e. The molecule has 0 radical (unpaired) electrons. The van der Waals surface area contributed by atoms with Crippen LogP contribution in [-0.4, -0.2) is 42.7 Å². The minimum Gasteiger partial charge on any atom is -0.424 e. The summed E-state index contributed by atoms with van der Waals surface area (Å²) in [6.07, 6.45) is 0. The van der Waals surface area contributed by atoms with E-state index in [1.54, 1.807) is 0 Å². The molecule has 2 aromatic carbocycles. The topological polar surface area (TPSA) is 50.5 Å². The summed E-state index contributed by atoms with van der Waals surface area (Å²) in [5.41, 5.74) is 2.74. The normalized spacial score (nSPS) is 16.8. The number of halogens is 1. The molecule has 25 heavy (non-hydrogen) atoms. The molecule has 0 amide bonds. The first-order valence-corrected chi connectivity index (χ1v) is 8.85. The molecule has 2 heterocycles. The molecule has 1 aromatic heterocycles. The van der Waals surface area contributed by atoms with Gasteiger partial charge in [-0.1, -0.05) is 41.9 Å². The second-order valence-electron chi connectivity index (χ2n) is 6.05. The van der Waals surface area contributed by atoms with Crippen LogP contribution in [0.25, 0.3) is 11.1 Å². The number of hydrogen-bond donors (Lipinski definition) is 1. The Labute approximate surface area is 151 Å². The Bertz CT molecular complexity index is 812. The fraction of sp³-hybridized carbons (Fsp3) is 0.316. The van der Waals surface area contributed by atoms with Crippen molar-refractivity contribution in [3.8, 4) is 0 Å². The van der Waals surface area contributed by atoms with Gasteiger partial charge in [0.05, 0.1) is 19.3 Å². The van der Waals surface area contributed by atoms with Gasteiger partial charge in [-0.25, -0.2) is 0 Å². The van der Waals surface area contributed by atoms with Crippen molar-refractivity contribution in [1.29, 1.82) is 0 Å². The van der Waals surface area contributed by atoms with Crippen molar-refractivity contribution in [3.63, 3.8) is 0 Å². The number of morpholine rings is 1. The summed E-state index contributed by atoms with van der Waals surface area (Å²) in [4.78, 5) is 6.88. The summed E-state index contributed by atoms with van der Waals surface area (Å²) in [7, 11) is 0. The van der Waals surface area contributed by atoms with Crippen LogP contribution in [0.15, 0.2) is 52.9 Å². The first-order valence-electron chi connectivity index (χ1n) is 8.47. The zero-order chi connectivity index (χ0) is 17.1. The first-order chi connectivity index (χ1) is 12.3. The van der Waals surface area contributed by atoms with Crippen molar-refractivity contribution < 1.29 is 9.15 Å². The highest BCUT2D eigenvalue weighted by molar-refractivity contribution is 6.31. The zero-order valence-corrected chi connectivity index (χ0v) is 14.6. The maximum Gasteiger partial charge on any atom is 0.295 e. The van der Waals surface area contributed by atoms with Gasteiger partial charge in [0, 0.05) is 24.7 Å². The molecule has 1 aliphatic heterocycles. The highest BCUT2D eigenvalue weighted by Crippen LogP contribution is 2.29. The van der Waals surface area contributed by atoms with Crippen LogP contribution in [0.2, 0.25) is 5.02 Å². The van der Waals surface area contributed by atoms with Crippen LogP contribution in [0, 0.1) is 0 Å². The summed E-state index contributed by atoms with van der Waals surface area (Å²) in [6, 6.07) is 16.4. The molecule has 130 valence electrons. The molecule has 4 rings (SSSR count). The summed E-state index contributed by atoms with van der Waals surface area (Å²) < 4.78 is 11.3. The lowest BCUT2D eigenvalue weighted by atomic mass is 10.0. The van der Waals surface area contributed by atoms with Crippen molar-refractivity contribution in [2.45, 2.75) is 6.04 Å². The van der Waals surface area contributed by atoms with Crippen molar-refractivity contribution in [2.75, 3.05) is 38.2 Å². The lowest BCUT2D eigenvalue weighted by Gasteiger charge is -2.35. The summed E-state index contributed by atoms with van der Waals surface area (Å²) >= 11 is 6.46. The number of nitrogens with one attached hydrogen (secondary N) is 1. The zero-order valence-electron chi connectivity index (χ0n) is 13.8. The molecule has 1 aliphatic rings. The van der Waals surface area contributed by atoms with Crippen LogP contribution in [0.5, 0.6) is 0 Å². The number of fused-ring (bicyclic) bond motifs is 1. The Hall–Kier alpha value is -2.08. The molecular formula is C19H20ClN3O2. The van der Waals surface area contributed by atoms with Crippen LogP contribution >= 0.6 is 11.6 Å². The molecule has 1 fully saturated rings. The van der Waals surface area contributed by atoms with Gasteiger partial charge in [-0.15, -0.1) is 0 Å². The maximum absolute atomic E-state index is 6.46. The van der Waals surface area contributed by atoms with Crippen LogP contribution in [0.1, 0.15) is 11.6 Å². The second kappa shape index (κ2) is 7.44. The lowest BCUT2D eigenvalue weighted by Crippen LogP contribution is -2.41. The predicted molar refractivity (Wildman–Crippen MR) is 99.1 cm³/mol. The van der Waals surface area contributed by atoms with E-state index in [1.165, 1.54) is 0 Å². The molecule has 0 unspecified atom stereocenters. The Morgan fingerprint density at radius 2 is 1.84 bits per heavy atom. The van der Waals surface area contributed by atoms with Gasteiger partial charge in [-0.05, 0) is 23.8 Å². The van der Waals surface area contributed by atoms with E-state index >= 15 is 0 Å². The second-order valence-corrected chi connectivity index (χ2v) is 6.46. The number of benzene rings is 2. The highest BCUT2D eigenvalue weighted by atomic mass is 35.5. The van der Waals surface area contributed by atoms with E-state index in [4.69, 9.17) is 20.8 Å². The number of aromatic nitrogens is 1. The number of para-hydroxylation sites is 2. The quantitative estimate of drug-likeness (QED) is 0.748. The standard InChI is InChI=1S/C19H20ClN3O2/c20-15-6-2-1-5-14(15)17(23-9-11-24-12-10-23)13-21-19-22-16-7-3-4-8-18(16)25-19/h1-8,17H,9-13H2,(H,21,22)/t17-/m1/s1. The SMILES string of the molecule is Clc1ccccc1[C@@H](CNc1nc2ccccc2o1)N1CCOCC1. The lowest BCUT2D eigenvalue weighted by molar-refractivity contribution is 0.0186. The summed E-state index contributed by atoms with van der Waals surface area (Å²) in [5.74, 6) is 0. The number of rotatable bonds is 5. The minimum absolute atomic E-state index is 0.132. The summed E-state index contributed by atoms with van der Waals surface area (Å²) in [5, 5.41) is 4.11. The average Bonchev–Trinajstić information content (AvgIpc) is 3.07. The van der Waals surface area contributed by atoms with Crippen LogP contribution < -0.4 is 5.32 Å². The smallest absolute Gasteiger partial charge is 0.295 e. The Balaban J connectivity index is 1.56. The fourth-order valence-electron chi connectivity index (χ4n) is 3.20. The molecule has 0 bridgehead atoms. The third kappa shape index (κ3) is 3.63. The molecule has 1 saturated heterocycles. The molecule has 0 aliphatic carbocycles. The molecule has 0 saturated carbocycles. The van der Waals surface area contributed by atoms with E-state index in [0.29, 0.717) is 12.6 Å². The van der Waals surface area contributed by atoms with Gasteiger partial charge in [0.25, 0.3) is 6.01 Å². The Morgan fingerprint density at radius 1 is 1.08 bits per heavy atom. The number of anilines is 1.